The van der Waals surface area contributed by atoms with E-state index >= 15 is 0 Å². The summed E-state index contributed by atoms with van der Waals surface area (Å²) in [5.74, 6) is -3.36. The Balaban J connectivity index is -0.0000000976. The number of carbonyl (C=O) groups excluding carboxylic acids is 1. The highest BCUT2D eigenvalue weighted by atomic mass is 16.5. The molecule has 0 aromatic rings. The number of aliphatic hydroxyl groups excluding tert-OH is 3. The molecule has 0 amide bonds. The van der Waals surface area contributed by atoms with Gasteiger partial charge < -0.3 is 35.4 Å². The number of hydrogen-bond acceptors (Lipinski definition) is 8. The Kier molecular flexibility index (Phi) is 36.1. The summed E-state index contributed by atoms with van der Waals surface area (Å²) in [4.78, 5) is 37.9. The molecule has 184 valence electrons. The Bertz CT molecular complexity index is 516. The summed E-state index contributed by atoms with van der Waals surface area (Å²) in [5.41, 5.74) is -0.667. The molecule has 0 saturated carbocycles. The van der Waals surface area contributed by atoms with Crippen LogP contribution in [-0.4, -0.2) is 80.9 Å². The molecular formula is C21H34O11. The lowest BCUT2D eigenvalue weighted by Gasteiger charge is -2.24. The van der Waals surface area contributed by atoms with Crippen LogP contribution in [0.4, 0.5) is 0 Å². The molecule has 0 rings (SSSR count). The maximum atomic E-state index is 10.2. The molecule has 0 atom stereocenters. The minimum Gasteiger partial charge on any atom is -0.478 e. The first-order chi connectivity index (χ1) is 14.9. The highest BCUT2D eigenvalue weighted by Crippen LogP contribution is 2.18. The molecule has 0 heterocycles. The lowest BCUT2D eigenvalue weighted by atomic mass is 9.88. The van der Waals surface area contributed by atoms with Crippen LogP contribution in [-0.2, 0) is 23.9 Å². The standard InChI is InChI=1S/C6H14O3.C6H8O2.3C3H4O2/c1-2-6(3-7,4-8)5-9;1-3-5-8-6(7)4-2;3*1-2-3(4)5/h7-9H,2-5H2,1H3;3-4H,1-2,5H2;3*2H,1H2,(H,4,5). The summed E-state index contributed by atoms with van der Waals surface area (Å²) in [6.07, 6.45) is 5.71. The first kappa shape index (κ1) is 39.0. The molecule has 6 N–H and O–H groups in total. The highest BCUT2D eigenvalue weighted by Gasteiger charge is 2.24. The molecule has 0 aliphatic heterocycles. The number of ether oxygens (including phenoxy) is 1. The summed E-state index contributed by atoms with van der Waals surface area (Å²) < 4.78 is 4.47. The normalized spacial score (nSPS) is 8.25. The largest absolute Gasteiger partial charge is 0.478 e. The van der Waals surface area contributed by atoms with Crippen molar-refractivity contribution in [3.05, 3.63) is 63.3 Å². The Morgan fingerprint density at radius 2 is 1.00 bits per heavy atom. The number of carbonyl (C=O) groups is 4. The molecule has 11 heteroatoms. The summed E-state index contributed by atoms with van der Waals surface area (Å²) in [5, 5.41) is 48.8. The second-order valence-corrected chi connectivity index (χ2v) is 5.08. The van der Waals surface area contributed by atoms with Crippen LogP contribution in [0, 0.1) is 5.41 Å². The summed E-state index contributed by atoms with van der Waals surface area (Å²) >= 11 is 0. The maximum Gasteiger partial charge on any atom is 0.330 e. The van der Waals surface area contributed by atoms with Crippen LogP contribution >= 0.6 is 0 Å². The number of aliphatic hydroxyl groups is 3. The van der Waals surface area contributed by atoms with E-state index in [4.69, 9.17) is 30.6 Å². The lowest BCUT2D eigenvalue weighted by Crippen LogP contribution is -2.32. The van der Waals surface area contributed by atoms with E-state index in [1.165, 1.54) is 6.08 Å². The SMILES string of the molecule is C=CC(=O)O.C=CC(=O)O.C=CC(=O)O.C=CCOC(=O)C=C.CCC(CO)(CO)CO. The molecule has 0 aromatic carbocycles. The number of esters is 1. The van der Waals surface area contributed by atoms with Gasteiger partial charge in [0.15, 0.2) is 0 Å². The van der Waals surface area contributed by atoms with E-state index in [1.54, 1.807) is 0 Å². The average molecular weight is 462 g/mol. The van der Waals surface area contributed by atoms with Crippen LogP contribution in [0.5, 0.6) is 0 Å². The van der Waals surface area contributed by atoms with Crippen LogP contribution in [0.2, 0.25) is 0 Å². The first-order valence-electron chi connectivity index (χ1n) is 8.65. The Labute approximate surface area is 187 Å². The minimum atomic E-state index is -0.981. The van der Waals surface area contributed by atoms with Gasteiger partial charge in [-0.2, -0.15) is 0 Å². The first-order valence-corrected chi connectivity index (χ1v) is 8.65. The molecule has 0 aromatic heterocycles. The van der Waals surface area contributed by atoms with Crippen molar-refractivity contribution in [2.45, 2.75) is 13.3 Å². The molecule has 0 saturated heterocycles. The van der Waals surface area contributed by atoms with Gasteiger partial charge in [0, 0.05) is 29.7 Å². The predicted molar refractivity (Wildman–Crippen MR) is 119 cm³/mol. The van der Waals surface area contributed by atoms with E-state index < -0.39 is 29.3 Å². The molecule has 0 aliphatic carbocycles. The second kappa shape index (κ2) is 29.7. The van der Waals surface area contributed by atoms with Crippen LogP contribution < -0.4 is 0 Å². The fourth-order valence-corrected chi connectivity index (χ4v) is 0.685. The van der Waals surface area contributed by atoms with Crippen molar-refractivity contribution in [3.63, 3.8) is 0 Å². The molecule has 11 nitrogen and oxygen atoms in total. The molecule has 32 heavy (non-hydrogen) atoms. The van der Waals surface area contributed by atoms with Crippen molar-refractivity contribution in [2.75, 3.05) is 26.4 Å². The van der Waals surface area contributed by atoms with Crippen LogP contribution in [0.25, 0.3) is 0 Å². The van der Waals surface area contributed by atoms with Gasteiger partial charge in [0.05, 0.1) is 19.8 Å². The summed E-state index contributed by atoms with van der Waals surface area (Å²) in [6, 6.07) is 0. The molecule has 0 fully saturated rings. The third kappa shape index (κ3) is 41.0. The number of carboxylic acid groups (broad SMARTS) is 3. The number of rotatable bonds is 10. The molecule has 0 spiro atoms. The fourth-order valence-electron chi connectivity index (χ4n) is 0.685. The van der Waals surface area contributed by atoms with Gasteiger partial charge in [0.25, 0.3) is 0 Å². The average Bonchev–Trinajstić information content (AvgIpc) is 2.80. The van der Waals surface area contributed by atoms with Crippen molar-refractivity contribution in [1.82, 2.24) is 0 Å². The zero-order valence-electron chi connectivity index (χ0n) is 18.2. The van der Waals surface area contributed by atoms with Crippen molar-refractivity contribution in [1.29, 1.82) is 0 Å². The van der Waals surface area contributed by atoms with Gasteiger partial charge in [-0.3, -0.25) is 0 Å². The van der Waals surface area contributed by atoms with Gasteiger partial charge in [-0.25, -0.2) is 19.2 Å². The molecule has 0 bridgehead atoms. The van der Waals surface area contributed by atoms with E-state index in [0.29, 0.717) is 6.42 Å². The maximum absolute atomic E-state index is 10.2. The van der Waals surface area contributed by atoms with Crippen LogP contribution in [0.15, 0.2) is 63.3 Å². The molecular weight excluding hydrogens is 428 g/mol. The van der Waals surface area contributed by atoms with Crippen LogP contribution in [0.3, 0.4) is 0 Å². The minimum absolute atomic E-state index is 0.156. The third-order valence-corrected chi connectivity index (χ3v) is 2.79. The number of carboxylic acids is 3. The summed E-state index contributed by atoms with van der Waals surface area (Å²) in [7, 11) is 0. The van der Waals surface area contributed by atoms with E-state index in [9.17, 15) is 19.2 Å². The predicted octanol–water partition coefficient (Wildman–Crippen LogP) is 1.03. The van der Waals surface area contributed by atoms with E-state index in [-0.39, 0.29) is 26.4 Å². The van der Waals surface area contributed by atoms with Crippen molar-refractivity contribution in [3.8, 4) is 0 Å². The van der Waals surface area contributed by atoms with Crippen LogP contribution in [0.1, 0.15) is 13.3 Å². The molecule has 0 aliphatic rings. The highest BCUT2D eigenvalue weighted by molar-refractivity contribution is 5.81. The second-order valence-electron chi connectivity index (χ2n) is 5.08. The fraction of sp³-hybridized carbons (Fsp3) is 0.333. The number of hydrogen-bond donors (Lipinski definition) is 6. The van der Waals surface area contributed by atoms with Gasteiger partial charge in [-0.1, -0.05) is 45.9 Å². The van der Waals surface area contributed by atoms with Gasteiger partial charge in [-0.05, 0) is 6.42 Å². The lowest BCUT2D eigenvalue weighted by molar-refractivity contribution is -0.136. The van der Waals surface area contributed by atoms with Gasteiger partial charge in [0.1, 0.15) is 6.61 Å². The Morgan fingerprint density at radius 1 is 0.719 bits per heavy atom. The Morgan fingerprint density at radius 3 is 1.09 bits per heavy atom. The van der Waals surface area contributed by atoms with Gasteiger partial charge >= 0.3 is 23.9 Å². The van der Waals surface area contributed by atoms with E-state index in [2.05, 4.69) is 37.6 Å². The monoisotopic (exact) mass is 462 g/mol. The van der Waals surface area contributed by atoms with Gasteiger partial charge in [-0.15, -0.1) is 0 Å². The number of aliphatic carboxylic acids is 3. The topological polar surface area (TPSA) is 199 Å². The van der Waals surface area contributed by atoms with E-state index in [1.807, 2.05) is 6.92 Å². The van der Waals surface area contributed by atoms with Crippen molar-refractivity contribution < 1.29 is 54.6 Å². The van der Waals surface area contributed by atoms with Crippen molar-refractivity contribution >= 4 is 23.9 Å². The zero-order chi connectivity index (χ0) is 26.6. The third-order valence-electron chi connectivity index (χ3n) is 2.79. The summed E-state index contributed by atoms with van der Waals surface area (Å²) in [6.45, 7) is 17.1. The molecule has 0 unspecified atom stereocenters. The smallest absolute Gasteiger partial charge is 0.330 e. The van der Waals surface area contributed by atoms with Crippen molar-refractivity contribution in [2.24, 2.45) is 5.41 Å². The molecule has 0 radical (unpaired) electrons. The quantitative estimate of drug-likeness (QED) is 0.154. The Hall–Kier alpha value is -3.54. The van der Waals surface area contributed by atoms with Gasteiger partial charge in [0.2, 0.25) is 0 Å². The zero-order valence-corrected chi connectivity index (χ0v) is 18.2. The van der Waals surface area contributed by atoms with E-state index in [0.717, 1.165) is 24.3 Å².